The molecule has 0 aliphatic heterocycles. The van der Waals surface area contributed by atoms with Crippen molar-refractivity contribution in [3.8, 4) is 5.75 Å². The molecule has 0 saturated carbocycles. The largest absolute Gasteiger partial charge is 0.489 e. The third kappa shape index (κ3) is 5.75. The molecular weight excluding hydrogens is 406 g/mol. The van der Waals surface area contributed by atoms with Crippen molar-refractivity contribution in [1.82, 2.24) is 10.1 Å². The summed E-state index contributed by atoms with van der Waals surface area (Å²) in [6, 6.07) is 14.4. The summed E-state index contributed by atoms with van der Waals surface area (Å²) in [4.78, 5) is 26.5. The van der Waals surface area contributed by atoms with Crippen LogP contribution in [0.25, 0.3) is 0 Å². The van der Waals surface area contributed by atoms with Gasteiger partial charge in [0.15, 0.2) is 0 Å². The second-order valence-corrected chi connectivity index (χ2v) is 7.52. The van der Waals surface area contributed by atoms with Crippen molar-refractivity contribution in [3.63, 3.8) is 0 Å². The van der Waals surface area contributed by atoms with Crippen molar-refractivity contribution < 1.29 is 18.8 Å². The molecule has 0 spiro atoms. The normalized spacial score (nSPS) is 10.6. The van der Waals surface area contributed by atoms with E-state index in [-0.39, 0.29) is 18.2 Å². The number of ether oxygens (including phenoxy) is 1. The van der Waals surface area contributed by atoms with Crippen LogP contribution >= 0.6 is 0 Å². The number of rotatable bonds is 9. The van der Waals surface area contributed by atoms with Gasteiger partial charge in [0.2, 0.25) is 5.91 Å². The second-order valence-electron chi connectivity index (χ2n) is 7.52. The van der Waals surface area contributed by atoms with Gasteiger partial charge in [0.1, 0.15) is 18.1 Å². The first-order valence-electron chi connectivity index (χ1n) is 10.7. The van der Waals surface area contributed by atoms with Gasteiger partial charge in [-0.15, -0.1) is 0 Å². The minimum Gasteiger partial charge on any atom is -0.489 e. The third-order valence-corrected chi connectivity index (χ3v) is 5.32. The van der Waals surface area contributed by atoms with E-state index in [2.05, 4.69) is 10.5 Å². The minimum absolute atomic E-state index is 0.00969. The van der Waals surface area contributed by atoms with E-state index in [0.29, 0.717) is 36.7 Å². The SMILES string of the molecule is CCN(CC)C(=O)c1ccc(NC(=O)Cc2ccc(OCc3c(C)noc3C)cc2)cc1. The van der Waals surface area contributed by atoms with Gasteiger partial charge in [0.25, 0.3) is 5.91 Å². The van der Waals surface area contributed by atoms with Gasteiger partial charge in [0, 0.05) is 24.3 Å². The summed E-state index contributed by atoms with van der Waals surface area (Å²) in [6.07, 6.45) is 0.240. The number of anilines is 1. The van der Waals surface area contributed by atoms with Crippen LogP contribution in [-0.2, 0) is 17.8 Å². The number of aromatic nitrogens is 1. The Balaban J connectivity index is 1.52. The lowest BCUT2D eigenvalue weighted by atomic mass is 10.1. The number of benzene rings is 2. The topological polar surface area (TPSA) is 84.7 Å². The van der Waals surface area contributed by atoms with Crippen molar-refractivity contribution in [1.29, 1.82) is 0 Å². The maximum Gasteiger partial charge on any atom is 0.253 e. The molecule has 0 unspecified atom stereocenters. The Bertz CT molecular complexity index is 1030. The van der Waals surface area contributed by atoms with E-state index in [9.17, 15) is 9.59 Å². The molecule has 0 aliphatic rings. The Morgan fingerprint density at radius 1 is 1.00 bits per heavy atom. The van der Waals surface area contributed by atoms with E-state index in [1.165, 1.54) is 0 Å². The Hall–Kier alpha value is -3.61. The fourth-order valence-electron chi connectivity index (χ4n) is 3.35. The van der Waals surface area contributed by atoms with Crippen LogP contribution in [0.4, 0.5) is 5.69 Å². The Morgan fingerprint density at radius 2 is 1.66 bits per heavy atom. The molecule has 2 aromatic carbocycles. The fraction of sp³-hybridized carbons (Fsp3) is 0.320. The molecule has 2 amide bonds. The molecule has 1 aromatic heterocycles. The van der Waals surface area contributed by atoms with E-state index < -0.39 is 0 Å². The van der Waals surface area contributed by atoms with Gasteiger partial charge in [-0.1, -0.05) is 17.3 Å². The molecule has 0 bridgehead atoms. The molecule has 0 atom stereocenters. The predicted molar refractivity (Wildman–Crippen MR) is 123 cm³/mol. The van der Waals surface area contributed by atoms with Crippen LogP contribution in [0, 0.1) is 13.8 Å². The quantitative estimate of drug-likeness (QED) is 0.534. The highest BCUT2D eigenvalue weighted by molar-refractivity contribution is 5.96. The first kappa shape index (κ1) is 23.1. The molecule has 0 radical (unpaired) electrons. The molecule has 7 nitrogen and oxygen atoms in total. The molecule has 0 fully saturated rings. The van der Waals surface area contributed by atoms with Crippen LogP contribution in [0.3, 0.4) is 0 Å². The molecule has 1 heterocycles. The highest BCUT2D eigenvalue weighted by Gasteiger charge is 2.13. The van der Waals surface area contributed by atoms with Gasteiger partial charge in [0.05, 0.1) is 17.7 Å². The standard InChI is InChI=1S/C25H29N3O4/c1-5-28(6-2)25(30)20-9-11-21(12-10-20)26-24(29)15-19-7-13-22(14-8-19)31-16-23-17(3)27-32-18(23)4/h7-14H,5-6,15-16H2,1-4H3,(H,26,29). The number of aryl methyl sites for hydroxylation is 2. The Morgan fingerprint density at radius 3 is 2.22 bits per heavy atom. The first-order valence-corrected chi connectivity index (χ1v) is 10.7. The van der Waals surface area contributed by atoms with Crippen molar-refractivity contribution in [2.24, 2.45) is 0 Å². The molecule has 3 rings (SSSR count). The number of nitrogens with one attached hydrogen (secondary N) is 1. The van der Waals surface area contributed by atoms with E-state index >= 15 is 0 Å². The summed E-state index contributed by atoms with van der Waals surface area (Å²) in [5.41, 5.74) is 3.91. The maximum absolute atomic E-state index is 12.4. The summed E-state index contributed by atoms with van der Waals surface area (Å²) in [5.74, 6) is 1.32. The van der Waals surface area contributed by atoms with Gasteiger partial charge in [-0.2, -0.15) is 0 Å². The van der Waals surface area contributed by atoms with E-state index in [0.717, 1.165) is 22.6 Å². The zero-order chi connectivity index (χ0) is 23.1. The van der Waals surface area contributed by atoms with Crippen LogP contribution in [0.5, 0.6) is 5.75 Å². The van der Waals surface area contributed by atoms with E-state index in [4.69, 9.17) is 9.26 Å². The zero-order valence-electron chi connectivity index (χ0n) is 19.0. The highest BCUT2D eigenvalue weighted by atomic mass is 16.5. The lowest BCUT2D eigenvalue weighted by molar-refractivity contribution is -0.115. The van der Waals surface area contributed by atoms with Gasteiger partial charge >= 0.3 is 0 Å². The lowest BCUT2D eigenvalue weighted by Crippen LogP contribution is -2.30. The maximum atomic E-state index is 12.4. The molecule has 0 saturated heterocycles. The average Bonchev–Trinajstić information content (AvgIpc) is 3.11. The monoisotopic (exact) mass is 435 g/mol. The first-order chi connectivity index (χ1) is 15.4. The summed E-state index contributed by atoms with van der Waals surface area (Å²) < 4.78 is 10.9. The van der Waals surface area contributed by atoms with Crippen LogP contribution in [-0.4, -0.2) is 35.0 Å². The fourth-order valence-corrected chi connectivity index (χ4v) is 3.35. The van der Waals surface area contributed by atoms with Crippen molar-refractivity contribution in [2.45, 2.75) is 40.7 Å². The summed E-state index contributed by atoms with van der Waals surface area (Å²) in [7, 11) is 0. The number of carbonyl (C=O) groups excluding carboxylic acids is 2. The van der Waals surface area contributed by atoms with Gasteiger partial charge in [-0.05, 0) is 69.7 Å². The molecule has 7 heteroatoms. The van der Waals surface area contributed by atoms with E-state index in [1.807, 2.05) is 52.0 Å². The molecule has 1 N–H and O–H groups in total. The van der Waals surface area contributed by atoms with E-state index in [1.54, 1.807) is 29.2 Å². The number of nitrogens with zero attached hydrogens (tertiary/aromatic N) is 2. The molecular formula is C25H29N3O4. The predicted octanol–water partition coefficient (Wildman–Crippen LogP) is 4.53. The summed E-state index contributed by atoms with van der Waals surface area (Å²) >= 11 is 0. The second kappa shape index (κ2) is 10.6. The summed E-state index contributed by atoms with van der Waals surface area (Å²) in [5, 5.41) is 6.79. The van der Waals surface area contributed by atoms with Gasteiger partial charge in [-0.25, -0.2) is 0 Å². The smallest absolute Gasteiger partial charge is 0.253 e. The van der Waals surface area contributed by atoms with Crippen molar-refractivity contribution >= 4 is 17.5 Å². The van der Waals surface area contributed by atoms with Gasteiger partial charge < -0.3 is 19.5 Å². The lowest BCUT2D eigenvalue weighted by Gasteiger charge is -2.18. The molecule has 0 aliphatic carbocycles. The molecule has 3 aromatic rings. The van der Waals surface area contributed by atoms with Gasteiger partial charge in [-0.3, -0.25) is 9.59 Å². The van der Waals surface area contributed by atoms with Crippen LogP contribution < -0.4 is 10.1 Å². The number of hydrogen-bond acceptors (Lipinski definition) is 5. The zero-order valence-corrected chi connectivity index (χ0v) is 19.0. The number of amides is 2. The Labute approximate surface area is 188 Å². The third-order valence-electron chi connectivity index (χ3n) is 5.32. The highest BCUT2D eigenvalue weighted by Crippen LogP contribution is 2.18. The number of carbonyl (C=O) groups is 2. The van der Waals surface area contributed by atoms with Crippen molar-refractivity contribution in [2.75, 3.05) is 18.4 Å². The number of hydrogen-bond donors (Lipinski definition) is 1. The molecule has 32 heavy (non-hydrogen) atoms. The molecule has 168 valence electrons. The Kier molecular flexibility index (Phi) is 7.65. The van der Waals surface area contributed by atoms with Crippen LogP contribution in [0.2, 0.25) is 0 Å². The van der Waals surface area contributed by atoms with Crippen molar-refractivity contribution in [3.05, 3.63) is 76.7 Å². The van der Waals surface area contributed by atoms with Crippen LogP contribution in [0.1, 0.15) is 46.8 Å². The average molecular weight is 436 g/mol. The minimum atomic E-state index is -0.128. The summed E-state index contributed by atoms with van der Waals surface area (Å²) in [6.45, 7) is 9.36. The van der Waals surface area contributed by atoms with Crippen LogP contribution in [0.15, 0.2) is 53.1 Å².